The second-order valence-electron chi connectivity index (χ2n) is 5.95. The van der Waals surface area contributed by atoms with E-state index in [2.05, 4.69) is 20.3 Å². The molecule has 1 heterocycles. The Hall–Kier alpha value is -2.56. The summed E-state index contributed by atoms with van der Waals surface area (Å²) in [5, 5.41) is 11.3. The minimum absolute atomic E-state index is 0.00459. The van der Waals surface area contributed by atoms with E-state index in [0.717, 1.165) is 11.8 Å². The third-order valence-corrected chi connectivity index (χ3v) is 5.44. The smallest absolute Gasteiger partial charge is 0.387 e. The number of carbonyl (C=O) groups excluding carboxylic acids is 1. The van der Waals surface area contributed by atoms with Gasteiger partial charge in [0, 0.05) is 16.3 Å². The van der Waals surface area contributed by atoms with E-state index < -0.39 is 11.9 Å². The molecule has 0 saturated carbocycles. The standard InChI is InChI=1S/C18H15Cl2F2N5O2S/c1-9(16(28)24-11-3-5-12(6-4-11)29-17(21)22)30-18-26-25-15(27(18)23)13-7-2-10(19)8-14(13)20/h2-9,17H,23H2,1H3,(H,24,28). The van der Waals surface area contributed by atoms with Crippen LogP contribution in [0.2, 0.25) is 10.0 Å². The molecule has 3 aromatic rings. The molecule has 1 atom stereocenters. The average molecular weight is 474 g/mol. The number of nitrogens with two attached hydrogens (primary N) is 1. The molecule has 158 valence electrons. The number of amides is 1. The molecular weight excluding hydrogens is 459 g/mol. The Morgan fingerprint density at radius 3 is 2.53 bits per heavy atom. The van der Waals surface area contributed by atoms with Crippen LogP contribution in [0.1, 0.15) is 6.92 Å². The Bertz CT molecular complexity index is 1050. The van der Waals surface area contributed by atoms with Crippen LogP contribution in [0.5, 0.6) is 5.75 Å². The molecule has 0 spiro atoms. The second kappa shape index (κ2) is 9.50. The number of nitrogens with one attached hydrogen (secondary N) is 1. The van der Waals surface area contributed by atoms with E-state index in [4.69, 9.17) is 29.0 Å². The van der Waals surface area contributed by atoms with Gasteiger partial charge >= 0.3 is 6.61 Å². The van der Waals surface area contributed by atoms with E-state index >= 15 is 0 Å². The molecule has 0 aliphatic carbocycles. The van der Waals surface area contributed by atoms with Crippen molar-refractivity contribution in [2.75, 3.05) is 11.2 Å². The van der Waals surface area contributed by atoms with Crippen molar-refractivity contribution in [3.8, 4) is 17.1 Å². The fourth-order valence-corrected chi connectivity index (χ4v) is 3.65. The van der Waals surface area contributed by atoms with Crippen molar-refractivity contribution < 1.29 is 18.3 Å². The molecule has 7 nitrogen and oxygen atoms in total. The number of hydrogen-bond donors (Lipinski definition) is 2. The van der Waals surface area contributed by atoms with Gasteiger partial charge in [0.15, 0.2) is 5.82 Å². The van der Waals surface area contributed by atoms with Crippen molar-refractivity contribution in [1.29, 1.82) is 0 Å². The highest BCUT2D eigenvalue weighted by atomic mass is 35.5. The summed E-state index contributed by atoms with van der Waals surface area (Å²) in [7, 11) is 0. The minimum atomic E-state index is -2.91. The highest BCUT2D eigenvalue weighted by molar-refractivity contribution is 8.00. The number of nitrogen functional groups attached to an aromatic ring is 1. The van der Waals surface area contributed by atoms with Crippen LogP contribution >= 0.6 is 35.0 Å². The summed E-state index contributed by atoms with van der Waals surface area (Å²) in [5.41, 5.74) is 0.975. The number of rotatable bonds is 7. The minimum Gasteiger partial charge on any atom is -0.435 e. The van der Waals surface area contributed by atoms with Gasteiger partial charge in [-0.15, -0.1) is 10.2 Å². The number of aromatic nitrogens is 3. The number of benzene rings is 2. The largest absolute Gasteiger partial charge is 0.435 e. The van der Waals surface area contributed by atoms with Gasteiger partial charge in [0.25, 0.3) is 0 Å². The van der Waals surface area contributed by atoms with Gasteiger partial charge in [-0.25, -0.2) is 4.68 Å². The summed E-state index contributed by atoms with van der Waals surface area (Å²) in [6.45, 7) is -1.25. The Kier molecular flexibility index (Phi) is 7.01. The number of nitrogens with zero attached hydrogens (tertiary/aromatic N) is 3. The first-order valence-corrected chi connectivity index (χ1v) is 10.1. The number of ether oxygens (including phenoxy) is 1. The SMILES string of the molecule is CC(Sc1nnc(-c2ccc(Cl)cc2Cl)n1N)C(=O)Nc1ccc(OC(F)F)cc1. The number of alkyl halides is 2. The summed E-state index contributed by atoms with van der Waals surface area (Å²) in [5.74, 6) is 6.05. The molecule has 0 bridgehead atoms. The van der Waals surface area contributed by atoms with E-state index in [1.165, 1.54) is 28.9 Å². The van der Waals surface area contributed by atoms with Crippen LogP contribution in [0.4, 0.5) is 14.5 Å². The van der Waals surface area contributed by atoms with Gasteiger partial charge in [0.05, 0.1) is 10.3 Å². The van der Waals surface area contributed by atoms with Crippen LogP contribution in [-0.4, -0.2) is 32.6 Å². The van der Waals surface area contributed by atoms with Crippen LogP contribution in [0.3, 0.4) is 0 Å². The molecule has 0 fully saturated rings. The normalized spacial score (nSPS) is 12.1. The Morgan fingerprint density at radius 2 is 1.90 bits per heavy atom. The summed E-state index contributed by atoms with van der Waals surface area (Å²) in [6, 6.07) is 10.5. The maximum absolute atomic E-state index is 12.4. The number of anilines is 1. The lowest BCUT2D eigenvalue weighted by Gasteiger charge is -2.12. The van der Waals surface area contributed by atoms with Crippen molar-refractivity contribution in [1.82, 2.24) is 14.9 Å². The van der Waals surface area contributed by atoms with E-state index in [-0.39, 0.29) is 11.7 Å². The van der Waals surface area contributed by atoms with Gasteiger partial charge < -0.3 is 15.9 Å². The molecule has 3 N–H and O–H groups in total. The molecule has 1 amide bonds. The first-order chi connectivity index (χ1) is 14.2. The zero-order valence-corrected chi connectivity index (χ0v) is 17.7. The summed E-state index contributed by atoms with van der Waals surface area (Å²) in [4.78, 5) is 12.4. The van der Waals surface area contributed by atoms with Crippen molar-refractivity contribution in [2.45, 2.75) is 23.9 Å². The maximum atomic E-state index is 12.4. The molecule has 1 aromatic heterocycles. The van der Waals surface area contributed by atoms with Gasteiger partial charge in [-0.3, -0.25) is 4.79 Å². The number of hydrogen-bond acceptors (Lipinski definition) is 6. The molecule has 0 aliphatic heterocycles. The quantitative estimate of drug-likeness (QED) is 0.381. The Balaban J connectivity index is 1.66. The van der Waals surface area contributed by atoms with Crippen LogP contribution in [-0.2, 0) is 4.79 Å². The van der Waals surface area contributed by atoms with Crippen LogP contribution in [0, 0.1) is 0 Å². The fourth-order valence-electron chi connectivity index (χ4n) is 2.39. The van der Waals surface area contributed by atoms with E-state index in [1.54, 1.807) is 25.1 Å². The van der Waals surface area contributed by atoms with E-state index in [0.29, 0.717) is 32.3 Å². The van der Waals surface area contributed by atoms with Crippen LogP contribution in [0.15, 0.2) is 47.6 Å². The molecule has 0 radical (unpaired) electrons. The number of halogens is 4. The van der Waals surface area contributed by atoms with Crippen molar-refractivity contribution in [2.24, 2.45) is 0 Å². The number of carbonyl (C=O) groups is 1. The van der Waals surface area contributed by atoms with Crippen molar-refractivity contribution in [3.05, 3.63) is 52.5 Å². The average Bonchev–Trinajstić information content (AvgIpc) is 3.03. The zero-order chi connectivity index (χ0) is 21.8. The second-order valence-corrected chi connectivity index (χ2v) is 8.10. The molecule has 2 aromatic carbocycles. The lowest BCUT2D eigenvalue weighted by Crippen LogP contribution is -2.23. The first-order valence-electron chi connectivity index (χ1n) is 8.43. The summed E-state index contributed by atoms with van der Waals surface area (Å²) < 4.78 is 29.9. The third kappa shape index (κ3) is 5.32. The van der Waals surface area contributed by atoms with Gasteiger partial charge in [0.2, 0.25) is 11.1 Å². The van der Waals surface area contributed by atoms with Crippen LogP contribution in [0.25, 0.3) is 11.4 Å². The molecule has 12 heteroatoms. The third-order valence-electron chi connectivity index (χ3n) is 3.84. The summed E-state index contributed by atoms with van der Waals surface area (Å²) in [6.07, 6.45) is 0. The van der Waals surface area contributed by atoms with E-state index in [1.807, 2.05) is 0 Å². The fraction of sp³-hybridized carbons (Fsp3) is 0.167. The predicted octanol–water partition coefficient (Wildman–Crippen LogP) is 4.69. The molecule has 3 rings (SSSR count). The summed E-state index contributed by atoms with van der Waals surface area (Å²) >= 11 is 13.2. The Labute approximate surface area is 184 Å². The molecular formula is C18H15Cl2F2N5O2S. The molecule has 1 unspecified atom stereocenters. The molecule has 0 aliphatic rings. The number of thioether (sulfide) groups is 1. The van der Waals surface area contributed by atoms with Crippen LogP contribution < -0.4 is 15.9 Å². The molecule has 30 heavy (non-hydrogen) atoms. The lowest BCUT2D eigenvalue weighted by atomic mass is 10.2. The van der Waals surface area contributed by atoms with Gasteiger partial charge in [-0.1, -0.05) is 35.0 Å². The topological polar surface area (TPSA) is 95.1 Å². The monoisotopic (exact) mass is 473 g/mol. The van der Waals surface area contributed by atoms with Gasteiger partial charge in [0.1, 0.15) is 5.75 Å². The Morgan fingerprint density at radius 1 is 1.20 bits per heavy atom. The maximum Gasteiger partial charge on any atom is 0.387 e. The molecule has 0 saturated heterocycles. The van der Waals surface area contributed by atoms with E-state index in [9.17, 15) is 13.6 Å². The first kappa shape index (κ1) is 22.1. The van der Waals surface area contributed by atoms with Crippen molar-refractivity contribution >= 4 is 46.6 Å². The van der Waals surface area contributed by atoms with Gasteiger partial charge in [-0.05, 0) is 49.4 Å². The predicted molar refractivity (Wildman–Crippen MR) is 113 cm³/mol. The van der Waals surface area contributed by atoms with Crippen molar-refractivity contribution in [3.63, 3.8) is 0 Å². The van der Waals surface area contributed by atoms with Gasteiger partial charge in [-0.2, -0.15) is 8.78 Å². The lowest BCUT2D eigenvalue weighted by molar-refractivity contribution is -0.115. The zero-order valence-electron chi connectivity index (χ0n) is 15.4. The highest BCUT2D eigenvalue weighted by Crippen LogP contribution is 2.31. The highest BCUT2D eigenvalue weighted by Gasteiger charge is 2.21.